The molecule has 0 aromatic carbocycles. The summed E-state index contributed by atoms with van der Waals surface area (Å²) in [7, 11) is 0. The number of amides is 1. The second-order valence-electron chi connectivity index (χ2n) is 7.97. The van der Waals surface area contributed by atoms with Gasteiger partial charge in [-0.2, -0.15) is 0 Å². The predicted octanol–water partition coefficient (Wildman–Crippen LogP) is 1.87. The van der Waals surface area contributed by atoms with Crippen molar-refractivity contribution < 1.29 is 9.53 Å². The molecular formula is C19H35N3O2. The molecule has 3 rings (SSSR count). The number of rotatable bonds is 5. The molecule has 3 atom stereocenters. The van der Waals surface area contributed by atoms with Gasteiger partial charge in [-0.25, -0.2) is 0 Å². The molecule has 1 N–H and O–H groups in total. The van der Waals surface area contributed by atoms with Crippen LogP contribution in [0, 0.1) is 5.92 Å². The van der Waals surface area contributed by atoms with E-state index in [2.05, 4.69) is 22.0 Å². The molecule has 0 aromatic rings. The van der Waals surface area contributed by atoms with E-state index in [4.69, 9.17) is 4.74 Å². The molecule has 2 saturated heterocycles. The highest BCUT2D eigenvalue weighted by Gasteiger charge is 2.28. The maximum atomic E-state index is 12.6. The Morgan fingerprint density at radius 2 is 1.79 bits per heavy atom. The summed E-state index contributed by atoms with van der Waals surface area (Å²) >= 11 is 0. The van der Waals surface area contributed by atoms with Gasteiger partial charge in [0.2, 0.25) is 5.91 Å². The van der Waals surface area contributed by atoms with Crippen LogP contribution in [0.25, 0.3) is 0 Å². The first kappa shape index (κ1) is 18.2. The molecule has 0 unspecified atom stereocenters. The quantitative estimate of drug-likeness (QED) is 0.832. The summed E-state index contributed by atoms with van der Waals surface area (Å²) in [6.07, 6.45) is 8.75. The summed E-state index contributed by atoms with van der Waals surface area (Å²) in [6, 6.07) is 0.931. The van der Waals surface area contributed by atoms with Gasteiger partial charge in [0.15, 0.2) is 0 Å². The normalized spacial score (nSPS) is 33.3. The third-order valence-electron chi connectivity index (χ3n) is 6.13. The number of nitrogens with zero attached hydrogens (tertiary/aromatic N) is 2. The molecule has 0 bridgehead atoms. The van der Waals surface area contributed by atoms with Gasteiger partial charge in [-0.05, 0) is 38.1 Å². The molecule has 1 aliphatic carbocycles. The van der Waals surface area contributed by atoms with E-state index in [0.29, 0.717) is 24.5 Å². The van der Waals surface area contributed by atoms with Gasteiger partial charge < -0.3 is 10.1 Å². The summed E-state index contributed by atoms with van der Waals surface area (Å²) in [5.41, 5.74) is 0. The van der Waals surface area contributed by atoms with Gasteiger partial charge in [-0.15, -0.1) is 0 Å². The number of hydrogen-bond acceptors (Lipinski definition) is 4. The Bertz CT molecular complexity index is 398. The lowest BCUT2D eigenvalue weighted by Gasteiger charge is -2.39. The molecular weight excluding hydrogens is 302 g/mol. The second kappa shape index (κ2) is 9.16. The molecule has 5 nitrogen and oxygen atoms in total. The zero-order chi connectivity index (χ0) is 16.8. The predicted molar refractivity (Wildman–Crippen MR) is 96.0 cm³/mol. The first-order chi connectivity index (χ1) is 11.7. The standard InChI is InChI=1S/C19H35N3O2/c1-16-6-2-3-8-18(16)20-19(23)15-22-9-5-4-7-17(22)14-21-10-12-24-13-11-21/h16-18H,2-15H2,1H3,(H,20,23)/t16-,17-,18-/m1/s1. The van der Waals surface area contributed by atoms with Crippen molar-refractivity contribution >= 4 is 5.91 Å². The topological polar surface area (TPSA) is 44.8 Å². The summed E-state index contributed by atoms with van der Waals surface area (Å²) < 4.78 is 5.46. The molecule has 2 heterocycles. The Balaban J connectivity index is 1.48. The number of hydrogen-bond donors (Lipinski definition) is 1. The van der Waals surface area contributed by atoms with Crippen LogP contribution < -0.4 is 5.32 Å². The van der Waals surface area contributed by atoms with Gasteiger partial charge in [0.05, 0.1) is 19.8 Å². The lowest BCUT2D eigenvalue weighted by atomic mass is 9.86. The average Bonchev–Trinajstić information content (AvgIpc) is 2.60. The molecule has 0 spiro atoms. The highest BCUT2D eigenvalue weighted by atomic mass is 16.5. The van der Waals surface area contributed by atoms with Crippen molar-refractivity contribution in [1.29, 1.82) is 0 Å². The number of piperidine rings is 1. The first-order valence-corrected chi connectivity index (χ1v) is 10.1. The fourth-order valence-corrected chi connectivity index (χ4v) is 4.52. The SMILES string of the molecule is C[C@@H]1CCCC[C@H]1NC(=O)CN1CCCC[C@@H]1CN1CCOCC1. The molecule has 24 heavy (non-hydrogen) atoms. The lowest BCUT2D eigenvalue weighted by Crippen LogP contribution is -2.53. The summed E-state index contributed by atoms with van der Waals surface area (Å²) in [4.78, 5) is 17.5. The molecule has 0 aromatic heterocycles. The van der Waals surface area contributed by atoms with Crippen molar-refractivity contribution in [3.8, 4) is 0 Å². The van der Waals surface area contributed by atoms with Crippen LogP contribution in [0.5, 0.6) is 0 Å². The Morgan fingerprint density at radius 3 is 2.58 bits per heavy atom. The average molecular weight is 338 g/mol. The number of ether oxygens (including phenoxy) is 1. The van der Waals surface area contributed by atoms with E-state index in [1.165, 1.54) is 38.5 Å². The van der Waals surface area contributed by atoms with Crippen LogP contribution in [-0.4, -0.2) is 73.7 Å². The third-order valence-corrected chi connectivity index (χ3v) is 6.13. The number of carbonyl (C=O) groups is 1. The van der Waals surface area contributed by atoms with E-state index in [9.17, 15) is 4.79 Å². The number of nitrogens with one attached hydrogen (secondary N) is 1. The van der Waals surface area contributed by atoms with Crippen molar-refractivity contribution in [2.75, 3.05) is 45.9 Å². The molecule has 1 saturated carbocycles. The minimum absolute atomic E-state index is 0.239. The fourth-order valence-electron chi connectivity index (χ4n) is 4.52. The van der Waals surface area contributed by atoms with Crippen LogP contribution in [0.1, 0.15) is 51.9 Å². The second-order valence-corrected chi connectivity index (χ2v) is 7.97. The van der Waals surface area contributed by atoms with Gasteiger partial charge in [0.25, 0.3) is 0 Å². The fraction of sp³-hybridized carbons (Fsp3) is 0.947. The van der Waals surface area contributed by atoms with E-state index >= 15 is 0 Å². The molecule has 3 fully saturated rings. The van der Waals surface area contributed by atoms with Gasteiger partial charge in [0, 0.05) is 31.7 Å². The third kappa shape index (κ3) is 5.17. The zero-order valence-corrected chi connectivity index (χ0v) is 15.3. The molecule has 138 valence electrons. The van der Waals surface area contributed by atoms with Crippen LogP contribution in [-0.2, 0) is 9.53 Å². The number of carbonyl (C=O) groups excluding carboxylic acids is 1. The van der Waals surface area contributed by atoms with E-state index in [1.807, 2.05) is 0 Å². The highest BCUT2D eigenvalue weighted by molar-refractivity contribution is 5.78. The summed E-state index contributed by atoms with van der Waals surface area (Å²) in [6.45, 7) is 8.81. The van der Waals surface area contributed by atoms with Crippen molar-refractivity contribution in [2.45, 2.75) is 64.0 Å². The van der Waals surface area contributed by atoms with Crippen molar-refractivity contribution in [3.63, 3.8) is 0 Å². The maximum Gasteiger partial charge on any atom is 0.234 e. The molecule has 3 aliphatic rings. The Kier molecular flexibility index (Phi) is 6.93. The van der Waals surface area contributed by atoms with E-state index in [-0.39, 0.29) is 5.91 Å². The summed E-state index contributed by atoms with van der Waals surface area (Å²) in [5, 5.41) is 3.33. The van der Waals surface area contributed by atoms with Gasteiger partial charge in [0.1, 0.15) is 0 Å². The minimum Gasteiger partial charge on any atom is -0.379 e. The van der Waals surface area contributed by atoms with Crippen molar-refractivity contribution in [3.05, 3.63) is 0 Å². The molecule has 5 heteroatoms. The molecule has 2 aliphatic heterocycles. The van der Waals surface area contributed by atoms with E-state index in [1.54, 1.807) is 0 Å². The monoisotopic (exact) mass is 337 g/mol. The maximum absolute atomic E-state index is 12.6. The van der Waals surface area contributed by atoms with Crippen LogP contribution in [0.2, 0.25) is 0 Å². The van der Waals surface area contributed by atoms with Crippen LogP contribution in [0.3, 0.4) is 0 Å². The van der Waals surface area contributed by atoms with E-state index in [0.717, 1.165) is 45.8 Å². The van der Waals surface area contributed by atoms with Gasteiger partial charge in [-0.1, -0.05) is 26.2 Å². The van der Waals surface area contributed by atoms with Crippen LogP contribution in [0.4, 0.5) is 0 Å². The summed E-state index contributed by atoms with van der Waals surface area (Å²) in [5.74, 6) is 0.871. The number of morpholine rings is 1. The Hall–Kier alpha value is -0.650. The first-order valence-electron chi connectivity index (χ1n) is 10.1. The number of likely N-dealkylation sites (tertiary alicyclic amines) is 1. The van der Waals surface area contributed by atoms with Crippen LogP contribution in [0.15, 0.2) is 0 Å². The lowest BCUT2D eigenvalue weighted by molar-refractivity contribution is -0.124. The molecule has 0 radical (unpaired) electrons. The Labute approximate surface area is 147 Å². The minimum atomic E-state index is 0.239. The zero-order valence-electron chi connectivity index (χ0n) is 15.3. The van der Waals surface area contributed by atoms with Gasteiger partial charge >= 0.3 is 0 Å². The van der Waals surface area contributed by atoms with Crippen molar-refractivity contribution in [1.82, 2.24) is 15.1 Å². The van der Waals surface area contributed by atoms with Crippen molar-refractivity contribution in [2.24, 2.45) is 5.92 Å². The smallest absolute Gasteiger partial charge is 0.234 e. The van der Waals surface area contributed by atoms with Gasteiger partial charge in [-0.3, -0.25) is 14.6 Å². The van der Waals surface area contributed by atoms with E-state index < -0.39 is 0 Å². The Morgan fingerprint density at radius 1 is 1.04 bits per heavy atom. The largest absolute Gasteiger partial charge is 0.379 e. The highest BCUT2D eigenvalue weighted by Crippen LogP contribution is 2.24. The molecule has 1 amide bonds. The van der Waals surface area contributed by atoms with Crippen LogP contribution >= 0.6 is 0 Å².